The zero-order chi connectivity index (χ0) is 9.97. The minimum atomic E-state index is -0.242. The number of H-pyrrole nitrogens is 2. The third-order valence-corrected chi connectivity index (χ3v) is 1.90. The number of nitrogens with one attached hydrogen (secondary N) is 2. The van der Waals surface area contributed by atoms with Gasteiger partial charge in [-0.2, -0.15) is 0 Å². The van der Waals surface area contributed by atoms with E-state index in [0.717, 1.165) is 11.1 Å². The predicted molar refractivity (Wildman–Crippen MR) is 49.8 cm³/mol. The van der Waals surface area contributed by atoms with Crippen LogP contribution < -0.4 is 5.69 Å². The number of rotatable bonds is 3. The molecule has 0 bridgehead atoms. The van der Waals surface area contributed by atoms with Crippen LogP contribution in [0.2, 0.25) is 0 Å². The molecule has 2 aromatic rings. The molecule has 5 nitrogen and oxygen atoms in total. The summed E-state index contributed by atoms with van der Waals surface area (Å²) >= 11 is 0. The first-order chi connectivity index (χ1) is 6.79. The Morgan fingerprint density at radius 1 is 1.29 bits per heavy atom. The van der Waals surface area contributed by atoms with E-state index in [4.69, 9.17) is 0 Å². The first-order valence-corrected chi connectivity index (χ1v) is 4.06. The Bertz CT molecular complexity index is 512. The van der Waals surface area contributed by atoms with Crippen molar-refractivity contribution >= 4 is 17.5 Å². The largest absolute Gasteiger partial charge is 0.463 e. The Kier molecular flexibility index (Phi) is 2.06. The third-order valence-electron chi connectivity index (χ3n) is 1.90. The minimum Gasteiger partial charge on any atom is -0.463 e. The summed E-state index contributed by atoms with van der Waals surface area (Å²) in [7, 11) is 0. The fraction of sp³-hybridized carbons (Fsp3) is 0.111. The average molecular weight is 192 g/mol. The first kappa shape index (κ1) is 8.55. The van der Waals surface area contributed by atoms with E-state index >= 15 is 0 Å². The molecule has 0 saturated carbocycles. The van der Waals surface area contributed by atoms with Crippen LogP contribution in [0.1, 0.15) is 5.56 Å². The molecule has 0 aliphatic rings. The van der Waals surface area contributed by atoms with Crippen molar-refractivity contribution in [3.05, 3.63) is 34.2 Å². The summed E-state index contributed by atoms with van der Waals surface area (Å²) < 4.78 is 4.59. The molecule has 0 aliphatic carbocycles. The maximum Gasteiger partial charge on any atom is 0.323 e. The summed E-state index contributed by atoms with van der Waals surface area (Å²) in [6.07, 6.45) is 0. The molecule has 0 radical (unpaired) electrons. The quantitative estimate of drug-likeness (QED) is 0.696. The molecule has 0 spiro atoms. The highest BCUT2D eigenvalue weighted by Gasteiger charge is 1.99. The highest BCUT2D eigenvalue weighted by atomic mass is 16.5. The van der Waals surface area contributed by atoms with Crippen molar-refractivity contribution in [3.8, 4) is 0 Å². The topological polar surface area (TPSA) is 75.0 Å². The molecule has 14 heavy (non-hydrogen) atoms. The molecule has 0 saturated heterocycles. The van der Waals surface area contributed by atoms with Crippen molar-refractivity contribution in [2.75, 3.05) is 0 Å². The third kappa shape index (κ3) is 1.52. The van der Waals surface area contributed by atoms with Gasteiger partial charge in [0.25, 0.3) is 6.47 Å². The van der Waals surface area contributed by atoms with Gasteiger partial charge in [0.05, 0.1) is 11.0 Å². The van der Waals surface area contributed by atoms with Crippen LogP contribution in [0.25, 0.3) is 11.0 Å². The molecule has 0 amide bonds. The Hall–Kier alpha value is -2.04. The maximum atomic E-state index is 10.9. The summed E-state index contributed by atoms with van der Waals surface area (Å²) in [6.45, 7) is 0.608. The van der Waals surface area contributed by atoms with Crippen LogP contribution >= 0.6 is 0 Å². The molecule has 0 atom stereocenters. The number of hydrogen-bond donors (Lipinski definition) is 2. The van der Waals surface area contributed by atoms with Crippen LogP contribution in [0.5, 0.6) is 0 Å². The van der Waals surface area contributed by atoms with E-state index in [1.54, 1.807) is 18.2 Å². The molecule has 72 valence electrons. The normalized spacial score (nSPS) is 10.3. The van der Waals surface area contributed by atoms with E-state index in [2.05, 4.69) is 14.7 Å². The lowest BCUT2D eigenvalue weighted by Gasteiger charge is -1.98. The van der Waals surface area contributed by atoms with Crippen molar-refractivity contribution < 1.29 is 9.53 Å². The molecule has 1 heterocycles. The molecular weight excluding hydrogens is 184 g/mol. The van der Waals surface area contributed by atoms with Gasteiger partial charge >= 0.3 is 5.69 Å². The maximum absolute atomic E-state index is 10.9. The standard InChI is InChI=1S/C9H8N2O3/c12-5-14-4-6-1-2-7-8(3-6)11-9(13)10-7/h1-3,5H,4H2,(H2,10,11,13). The van der Waals surface area contributed by atoms with Crippen LogP contribution in [0.4, 0.5) is 0 Å². The molecule has 2 rings (SSSR count). The van der Waals surface area contributed by atoms with Crippen LogP contribution in [0, 0.1) is 0 Å². The number of hydrogen-bond acceptors (Lipinski definition) is 3. The van der Waals surface area contributed by atoms with Crippen molar-refractivity contribution in [2.24, 2.45) is 0 Å². The highest BCUT2D eigenvalue weighted by Crippen LogP contribution is 2.10. The monoisotopic (exact) mass is 192 g/mol. The lowest BCUT2D eigenvalue weighted by Crippen LogP contribution is -1.99. The predicted octanol–water partition coefficient (Wildman–Crippen LogP) is 0.529. The lowest BCUT2D eigenvalue weighted by atomic mass is 10.2. The van der Waals surface area contributed by atoms with Gasteiger partial charge in [-0.05, 0) is 17.7 Å². The number of imidazole rings is 1. The van der Waals surface area contributed by atoms with Crippen molar-refractivity contribution in [3.63, 3.8) is 0 Å². The highest BCUT2D eigenvalue weighted by molar-refractivity contribution is 5.74. The lowest BCUT2D eigenvalue weighted by molar-refractivity contribution is -0.129. The van der Waals surface area contributed by atoms with Gasteiger partial charge in [0.15, 0.2) is 0 Å². The van der Waals surface area contributed by atoms with E-state index in [9.17, 15) is 9.59 Å². The van der Waals surface area contributed by atoms with Crippen LogP contribution in [-0.4, -0.2) is 16.4 Å². The Labute approximate surface area is 78.7 Å². The van der Waals surface area contributed by atoms with Crippen LogP contribution in [-0.2, 0) is 16.1 Å². The number of carbonyl (C=O) groups is 1. The molecule has 0 aliphatic heterocycles. The number of aromatic nitrogens is 2. The van der Waals surface area contributed by atoms with Gasteiger partial charge in [0.2, 0.25) is 0 Å². The zero-order valence-electron chi connectivity index (χ0n) is 7.24. The summed E-state index contributed by atoms with van der Waals surface area (Å²) in [5.41, 5.74) is 2.04. The fourth-order valence-electron chi connectivity index (χ4n) is 1.30. The van der Waals surface area contributed by atoms with Gasteiger partial charge in [-0.1, -0.05) is 6.07 Å². The summed E-state index contributed by atoms with van der Waals surface area (Å²) in [5.74, 6) is 0. The van der Waals surface area contributed by atoms with Gasteiger partial charge < -0.3 is 14.7 Å². The number of aromatic amines is 2. The molecule has 5 heteroatoms. The van der Waals surface area contributed by atoms with Crippen LogP contribution in [0.3, 0.4) is 0 Å². The minimum absolute atomic E-state index is 0.215. The molecule has 0 fully saturated rings. The smallest absolute Gasteiger partial charge is 0.323 e. The molecule has 0 unspecified atom stereocenters. The van der Waals surface area contributed by atoms with Gasteiger partial charge in [0.1, 0.15) is 6.61 Å². The molecule has 2 N–H and O–H groups in total. The Morgan fingerprint density at radius 3 is 2.86 bits per heavy atom. The van der Waals surface area contributed by atoms with Crippen LogP contribution in [0.15, 0.2) is 23.0 Å². The van der Waals surface area contributed by atoms with E-state index in [0.29, 0.717) is 12.0 Å². The number of carbonyl (C=O) groups excluding carboxylic acids is 1. The molecule has 1 aromatic carbocycles. The average Bonchev–Trinajstić information content (AvgIpc) is 2.54. The second-order valence-corrected chi connectivity index (χ2v) is 2.87. The number of fused-ring (bicyclic) bond motifs is 1. The van der Waals surface area contributed by atoms with Gasteiger partial charge in [-0.3, -0.25) is 4.79 Å². The summed E-state index contributed by atoms with van der Waals surface area (Å²) in [6, 6.07) is 5.31. The van der Waals surface area contributed by atoms with E-state index < -0.39 is 0 Å². The first-order valence-electron chi connectivity index (χ1n) is 4.06. The molecular formula is C9H8N2O3. The van der Waals surface area contributed by atoms with Crippen molar-refractivity contribution in [1.82, 2.24) is 9.97 Å². The van der Waals surface area contributed by atoms with Crippen molar-refractivity contribution in [2.45, 2.75) is 6.61 Å². The summed E-state index contributed by atoms with van der Waals surface area (Å²) in [5, 5.41) is 0. The Morgan fingerprint density at radius 2 is 2.07 bits per heavy atom. The fourth-order valence-corrected chi connectivity index (χ4v) is 1.30. The SMILES string of the molecule is O=COCc1ccc2[nH]c(=O)[nH]c2c1. The van der Waals surface area contributed by atoms with Gasteiger partial charge in [0, 0.05) is 0 Å². The van der Waals surface area contributed by atoms with E-state index in [-0.39, 0.29) is 12.3 Å². The summed E-state index contributed by atoms with van der Waals surface area (Å²) in [4.78, 5) is 26.1. The zero-order valence-corrected chi connectivity index (χ0v) is 7.24. The van der Waals surface area contributed by atoms with E-state index in [1.165, 1.54) is 0 Å². The second-order valence-electron chi connectivity index (χ2n) is 2.87. The van der Waals surface area contributed by atoms with Crippen molar-refractivity contribution in [1.29, 1.82) is 0 Å². The van der Waals surface area contributed by atoms with Gasteiger partial charge in [-0.25, -0.2) is 4.79 Å². The van der Waals surface area contributed by atoms with Gasteiger partial charge in [-0.15, -0.1) is 0 Å². The number of ether oxygens (including phenoxy) is 1. The molecule has 1 aromatic heterocycles. The van der Waals surface area contributed by atoms with E-state index in [1.807, 2.05) is 0 Å². The Balaban J connectivity index is 2.40. The second kappa shape index (κ2) is 3.37. The number of benzene rings is 1.